The average Bonchev–Trinajstić information content (AvgIpc) is 3.18. The SMILES string of the molecule is CCCCCCCCCCCCCCCCCC1SCC(C[N+]2(C)CCNCC2)S1.[Br-]. The molecule has 0 aromatic rings. The van der Waals surface area contributed by atoms with E-state index in [2.05, 4.69) is 42.8 Å². The first-order chi connectivity index (χ1) is 14.7. The maximum absolute atomic E-state index is 3.52. The molecule has 31 heavy (non-hydrogen) atoms. The molecule has 5 heteroatoms. The van der Waals surface area contributed by atoms with E-state index < -0.39 is 0 Å². The van der Waals surface area contributed by atoms with E-state index in [1.807, 2.05) is 0 Å². The van der Waals surface area contributed by atoms with Crippen molar-refractivity contribution in [3.05, 3.63) is 0 Å². The Labute approximate surface area is 214 Å². The van der Waals surface area contributed by atoms with Gasteiger partial charge in [-0.1, -0.05) is 103 Å². The quantitative estimate of drug-likeness (QED) is 0.205. The molecule has 1 N–H and O–H groups in total. The lowest BCUT2D eigenvalue weighted by atomic mass is 10.0. The van der Waals surface area contributed by atoms with Crippen LogP contribution in [0.5, 0.6) is 0 Å². The molecule has 0 spiro atoms. The second-order valence-corrected chi connectivity index (χ2v) is 13.3. The van der Waals surface area contributed by atoms with Crippen LogP contribution in [0.25, 0.3) is 0 Å². The van der Waals surface area contributed by atoms with Crippen molar-refractivity contribution >= 4 is 23.5 Å². The zero-order valence-corrected chi connectivity index (χ0v) is 24.1. The molecule has 2 saturated heterocycles. The molecule has 2 heterocycles. The highest BCUT2D eigenvalue weighted by atomic mass is 79.9. The Morgan fingerprint density at radius 1 is 0.742 bits per heavy atom. The molecule has 0 aliphatic carbocycles. The summed E-state index contributed by atoms with van der Waals surface area (Å²) in [5.74, 6) is 1.40. The summed E-state index contributed by atoms with van der Waals surface area (Å²) in [6.07, 6.45) is 23.5. The molecular formula is C26H53BrN2S2. The standard InChI is InChI=1S/C26H53N2S2.BrH/c1-3-4-5-6-7-8-9-10-11-12-13-14-15-16-17-18-26-29-24-25(30-26)23-28(2)21-19-27-20-22-28;/h25-27H,3-24H2,1-2H3;1H/q+1;/p-1. The van der Waals surface area contributed by atoms with Crippen molar-refractivity contribution in [2.45, 2.75) is 119 Å². The van der Waals surface area contributed by atoms with Gasteiger partial charge in [0, 0.05) is 18.8 Å². The number of nitrogens with one attached hydrogen (secondary N) is 1. The van der Waals surface area contributed by atoms with Crippen LogP contribution in [0, 0.1) is 0 Å². The summed E-state index contributed by atoms with van der Waals surface area (Å²) in [5.41, 5.74) is 0. The monoisotopic (exact) mass is 536 g/mol. The fourth-order valence-electron chi connectivity index (χ4n) is 5.05. The normalized spacial score (nSPS) is 23.0. The summed E-state index contributed by atoms with van der Waals surface area (Å²) in [7, 11) is 2.48. The molecule has 0 aromatic carbocycles. The highest BCUT2D eigenvalue weighted by Gasteiger charge is 2.33. The van der Waals surface area contributed by atoms with Crippen LogP contribution in [-0.4, -0.2) is 59.8 Å². The molecule has 186 valence electrons. The molecule has 2 nitrogen and oxygen atoms in total. The van der Waals surface area contributed by atoms with Crippen LogP contribution in [0.4, 0.5) is 0 Å². The number of hydrogen-bond acceptors (Lipinski definition) is 3. The third-order valence-corrected chi connectivity index (χ3v) is 10.6. The molecule has 2 rings (SSSR count). The molecule has 2 atom stereocenters. The molecule has 2 aliphatic heterocycles. The molecule has 0 saturated carbocycles. The van der Waals surface area contributed by atoms with Gasteiger partial charge in [-0.3, -0.25) is 0 Å². The Morgan fingerprint density at radius 2 is 1.23 bits per heavy atom. The number of rotatable bonds is 18. The number of thioether (sulfide) groups is 2. The molecule has 0 bridgehead atoms. The van der Waals surface area contributed by atoms with Crippen LogP contribution >= 0.6 is 23.5 Å². The van der Waals surface area contributed by atoms with Crippen LogP contribution in [0.1, 0.15) is 110 Å². The lowest BCUT2D eigenvalue weighted by Gasteiger charge is -2.39. The van der Waals surface area contributed by atoms with E-state index in [1.165, 1.54) is 146 Å². The molecule has 0 radical (unpaired) electrons. The van der Waals surface area contributed by atoms with Crippen LogP contribution in [0.3, 0.4) is 0 Å². The maximum atomic E-state index is 3.52. The Balaban J connectivity index is 0.00000480. The first-order valence-corrected chi connectivity index (χ1v) is 15.5. The average molecular weight is 538 g/mol. The molecule has 2 fully saturated rings. The Kier molecular flexibility index (Phi) is 18.9. The fourth-order valence-corrected chi connectivity index (χ4v) is 8.66. The van der Waals surface area contributed by atoms with Gasteiger partial charge in [0.05, 0.1) is 36.5 Å². The van der Waals surface area contributed by atoms with E-state index in [0.29, 0.717) is 0 Å². The van der Waals surface area contributed by atoms with Crippen molar-refractivity contribution in [1.82, 2.24) is 5.32 Å². The van der Waals surface area contributed by atoms with E-state index in [9.17, 15) is 0 Å². The highest BCUT2D eigenvalue weighted by Crippen LogP contribution is 2.41. The van der Waals surface area contributed by atoms with Crippen LogP contribution in [-0.2, 0) is 0 Å². The number of likely N-dealkylation sites (N-methyl/N-ethyl adjacent to an activating group) is 1. The number of halogens is 1. The second-order valence-electron chi connectivity index (χ2n) is 10.3. The van der Waals surface area contributed by atoms with Crippen molar-refractivity contribution in [3.8, 4) is 0 Å². The Morgan fingerprint density at radius 3 is 1.74 bits per heavy atom. The molecule has 2 unspecified atom stereocenters. The minimum absolute atomic E-state index is 0. The van der Waals surface area contributed by atoms with Crippen LogP contribution in [0.15, 0.2) is 0 Å². The summed E-state index contributed by atoms with van der Waals surface area (Å²) in [6, 6.07) is 0. The van der Waals surface area contributed by atoms with Gasteiger partial charge in [0.2, 0.25) is 0 Å². The fraction of sp³-hybridized carbons (Fsp3) is 1.00. The van der Waals surface area contributed by atoms with Gasteiger partial charge in [-0.15, -0.1) is 23.5 Å². The topological polar surface area (TPSA) is 12.0 Å². The summed E-state index contributed by atoms with van der Waals surface area (Å²) < 4.78 is 2.20. The summed E-state index contributed by atoms with van der Waals surface area (Å²) in [4.78, 5) is 0. The van der Waals surface area contributed by atoms with Crippen LogP contribution in [0.2, 0.25) is 0 Å². The van der Waals surface area contributed by atoms with Crippen molar-refractivity contribution in [2.75, 3.05) is 45.5 Å². The van der Waals surface area contributed by atoms with Crippen molar-refractivity contribution in [2.24, 2.45) is 0 Å². The summed E-state index contributed by atoms with van der Waals surface area (Å²) >= 11 is 4.58. The van der Waals surface area contributed by atoms with Crippen molar-refractivity contribution < 1.29 is 21.5 Å². The number of hydrogen-bond donors (Lipinski definition) is 1. The van der Waals surface area contributed by atoms with Gasteiger partial charge in [-0.25, -0.2) is 0 Å². The van der Waals surface area contributed by atoms with Crippen LogP contribution < -0.4 is 22.3 Å². The number of quaternary nitrogens is 1. The minimum Gasteiger partial charge on any atom is -1.00 e. The Hall–Kier alpha value is 1.10. The zero-order valence-electron chi connectivity index (χ0n) is 20.9. The predicted molar refractivity (Wildman–Crippen MR) is 141 cm³/mol. The Bertz CT molecular complexity index is 405. The zero-order chi connectivity index (χ0) is 21.3. The third-order valence-electron chi connectivity index (χ3n) is 7.16. The predicted octanol–water partition coefficient (Wildman–Crippen LogP) is 4.48. The maximum Gasteiger partial charge on any atom is 0.0914 e. The molecule has 0 aromatic heterocycles. The summed E-state index contributed by atoms with van der Waals surface area (Å²) in [6.45, 7) is 8.78. The lowest BCUT2D eigenvalue weighted by Crippen LogP contribution is -3.00. The van der Waals surface area contributed by atoms with Gasteiger partial charge in [-0.05, 0) is 6.42 Å². The first kappa shape index (κ1) is 30.1. The van der Waals surface area contributed by atoms with E-state index in [4.69, 9.17) is 0 Å². The van der Waals surface area contributed by atoms with Gasteiger partial charge >= 0.3 is 0 Å². The molecule has 0 amide bonds. The van der Waals surface area contributed by atoms with Gasteiger partial charge in [0.15, 0.2) is 0 Å². The van der Waals surface area contributed by atoms with E-state index >= 15 is 0 Å². The van der Waals surface area contributed by atoms with E-state index in [1.54, 1.807) is 0 Å². The van der Waals surface area contributed by atoms with Gasteiger partial charge < -0.3 is 26.8 Å². The first-order valence-electron chi connectivity index (χ1n) is 13.5. The third kappa shape index (κ3) is 14.9. The van der Waals surface area contributed by atoms with Gasteiger partial charge in [0.25, 0.3) is 0 Å². The number of piperazine rings is 1. The van der Waals surface area contributed by atoms with E-state index in [0.717, 1.165) is 9.83 Å². The van der Waals surface area contributed by atoms with Gasteiger partial charge in [0.1, 0.15) is 0 Å². The van der Waals surface area contributed by atoms with Crippen molar-refractivity contribution in [3.63, 3.8) is 0 Å². The smallest absolute Gasteiger partial charge is 0.0914 e. The highest BCUT2D eigenvalue weighted by molar-refractivity contribution is 8.20. The molecule has 2 aliphatic rings. The summed E-state index contributed by atoms with van der Waals surface area (Å²) in [5, 5.41) is 4.42. The van der Waals surface area contributed by atoms with Gasteiger partial charge in [-0.2, -0.15) is 0 Å². The minimum atomic E-state index is 0. The lowest BCUT2D eigenvalue weighted by molar-refractivity contribution is -0.910. The number of nitrogens with zero attached hydrogens (tertiary/aromatic N) is 1. The molecular weight excluding hydrogens is 484 g/mol. The second kappa shape index (κ2) is 19.4. The largest absolute Gasteiger partial charge is 1.00 e. The van der Waals surface area contributed by atoms with E-state index in [-0.39, 0.29) is 17.0 Å². The van der Waals surface area contributed by atoms with Crippen molar-refractivity contribution in [1.29, 1.82) is 0 Å². The number of unbranched alkanes of at least 4 members (excludes halogenated alkanes) is 14.